The molecule has 0 nitrogen and oxygen atoms in total. The maximum absolute atomic E-state index is 2.36. The lowest BCUT2D eigenvalue weighted by atomic mass is 9.87. The van der Waals surface area contributed by atoms with Crippen molar-refractivity contribution in [3.05, 3.63) is 0 Å². The fourth-order valence-electron chi connectivity index (χ4n) is 0.772. The molecule has 0 saturated heterocycles. The first-order valence-corrected chi connectivity index (χ1v) is 5.85. The fraction of sp³-hybridized carbons (Fsp3) is 1.00. The van der Waals surface area contributed by atoms with Crippen molar-refractivity contribution in [3.8, 4) is 0 Å². The molecule has 0 bridgehead atoms. The Morgan fingerprint density at radius 3 is 2.18 bits per heavy atom. The highest BCUT2D eigenvalue weighted by Crippen LogP contribution is 2.26. The van der Waals surface area contributed by atoms with E-state index in [4.69, 9.17) is 0 Å². The van der Waals surface area contributed by atoms with Crippen LogP contribution in [-0.4, -0.2) is 11.5 Å². The molecule has 0 radical (unpaired) electrons. The molecule has 0 aromatic heterocycles. The predicted octanol–water partition coefficient (Wildman–Crippen LogP) is 3.96. The zero-order chi connectivity index (χ0) is 8.74. The second kappa shape index (κ2) is 5.93. The molecule has 11 heavy (non-hydrogen) atoms. The summed E-state index contributed by atoms with van der Waals surface area (Å²) in [6.07, 6.45) is 3.99. The molecule has 0 amide bonds. The molecule has 0 unspecified atom stereocenters. The Kier molecular flexibility index (Phi) is 6.12. The van der Waals surface area contributed by atoms with Crippen molar-refractivity contribution in [1.29, 1.82) is 0 Å². The van der Waals surface area contributed by atoms with E-state index >= 15 is 0 Å². The summed E-state index contributed by atoms with van der Waals surface area (Å²) in [5.41, 5.74) is 0.570. The van der Waals surface area contributed by atoms with E-state index < -0.39 is 0 Å². The van der Waals surface area contributed by atoms with Gasteiger partial charge in [0.05, 0.1) is 0 Å². The zero-order valence-electron chi connectivity index (χ0n) is 8.44. The van der Waals surface area contributed by atoms with Crippen molar-refractivity contribution in [2.24, 2.45) is 5.41 Å². The van der Waals surface area contributed by atoms with Crippen molar-refractivity contribution in [2.45, 2.75) is 47.0 Å². The van der Waals surface area contributed by atoms with Gasteiger partial charge in [-0.15, -0.1) is 0 Å². The van der Waals surface area contributed by atoms with E-state index in [1.165, 1.54) is 30.8 Å². The van der Waals surface area contributed by atoms with E-state index in [1.807, 2.05) is 0 Å². The zero-order valence-corrected chi connectivity index (χ0v) is 9.26. The van der Waals surface area contributed by atoms with Crippen molar-refractivity contribution < 1.29 is 0 Å². The Morgan fingerprint density at radius 2 is 1.73 bits per heavy atom. The van der Waals surface area contributed by atoms with Crippen LogP contribution in [0, 0.1) is 5.41 Å². The van der Waals surface area contributed by atoms with Crippen LogP contribution in [0.25, 0.3) is 0 Å². The average molecular weight is 174 g/mol. The smallest absolute Gasteiger partial charge is 0.00625 e. The summed E-state index contributed by atoms with van der Waals surface area (Å²) in [7, 11) is 0. The summed E-state index contributed by atoms with van der Waals surface area (Å²) < 4.78 is 0. The highest BCUT2D eigenvalue weighted by Gasteiger charge is 2.13. The van der Waals surface area contributed by atoms with Gasteiger partial charge in [0.2, 0.25) is 0 Å². The SMILES string of the molecule is CCCSCCC(C)(C)CC. The monoisotopic (exact) mass is 174 g/mol. The summed E-state index contributed by atoms with van der Waals surface area (Å²) in [6.45, 7) is 9.25. The number of thioether (sulfide) groups is 1. The van der Waals surface area contributed by atoms with E-state index in [0.29, 0.717) is 5.41 Å². The number of rotatable bonds is 6. The summed E-state index contributed by atoms with van der Waals surface area (Å²) in [4.78, 5) is 0. The second-order valence-corrected chi connectivity index (χ2v) is 5.10. The van der Waals surface area contributed by atoms with E-state index in [2.05, 4.69) is 39.5 Å². The Balaban J connectivity index is 3.23. The Morgan fingerprint density at radius 1 is 1.09 bits per heavy atom. The minimum Gasteiger partial charge on any atom is -0.162 e. The maximum Gasteiger partial charge on any atom is -0.00625 e. The Hall–Kier alpha value is 0.350. The summed E-state index contributed by atoms with van der Waals surface area (Å²) in [5.74, 6) is 2.68. The van der Waals surface area contributed by atoms with E-state index in [9.17, 15) is 0 Å². The quantitative estimate of drug-likeness (QED) is 0.549. The normalized spacial score (nSPS) is 12.0. The van der Waals surface area contributed by atoms with Crippen LogP contribution in [0.2, 0.25) is 0 Å². The van der Waals surface area contributed by atoms with Gasteiger partial charge in [-0.2, -0.15) is 11.8 Å². The van der Waals surface area contributed by atoms with Gasteiger partial charge >= 0.3 is 0 Å². The lowest BCUT2D eigenvalue weighted by molar-refractivity contribution is 0.341. The Bertz CT molecular complexity index is 86.9. The summed E-state index contributed by atoms with van der Waals surface area (Å²) >= 11 is 2.10. The van der Waals surface area contributed by atoms with Gasteiger partial charge in [0.25, 0.3) is 0 Å². The van der Waals surface area contributed by atoms with Crippen LogP contribution in [0.5, 0.6) is 0 Å². The Labute approximate surface area is 76.1 Å². The van der Waals surface area contributed by atoms with E-state index in [-0.39, 0.29) is 0 Å². The molecular formula is C10H22S. The molecule has 68 valence electrons. The fourth-order valence-corrected chi connectivity index (χ4v) is 1.96. The average Bonchev–Trinajstić information content (AvgIpc) is 1.99. The number of hydrogen-bond acceptors (Lipinski definition) is 1. The van der Waals surface area contributed by atoms with Gasteiger partial charge in [-0.3, -0.25) is 0 Å². The van der Waals surface area contributed by atoms with Crippen LogP contribution in [-0.2, 0) is 0 Å². The molecule has 0 saturated carbocycles. The van der Waals surface area contributed by atoms with Gasteiger partial charge in [-0.05, 0) is 29.8 Å². The highest BCUT2D eigenvalue weighted by molar-refractivity contribution is 7.99. The van der Waals surface area contributed by atoms with Crippen LogP contribution in [0.4, 0.5) is 0 Å². The molecule has 0 spiro atoms. The molecule has 0 N–H and O–H groups in total. The van der Waals surface area contributed by atoms with Crippen molar-refractivity contribution >= 4 is 11.8 Å². The van der Waals surface area contributed by atoms with Gasteiger partial charge < -0.3 is 0 Å². The lowest BCUT2D eigenvalue weighted by Crippen LogP contribution is -2.10. The minimum atomic E-state index is 0.570. The van der Waals surface area contributed by atoms with Crippen LogP contribution < -0.4 is 0 Å². The molecule has 0 atom stereocenters. The van der Waals surface area contributed by atoms with Crippen LogP contribution in [0.15, 0.2) is 0 Å². The molecule has 0 aromatic rings. The summed E-state index contributed by atoms with van der Waals surface area (Å²) in [5, 5.41) is 0. The third-order valence-electron chi connectivity index (χ3n) is 2.23. The van der Waals surface area contributed by atoms with Gasteiger partial charge in [0.15, 0.2) is 0 Å². The van der Waals surface area contributed by atoms with Gasteiger partial charge in [0, 0.05) is 0 Å². The molecule has 0 aliphatic heterocycles. The van der Waals surface area contributed by atoms with Crippen molar-refractivity contribution in [2.75, 3.05) is 11.5 Å². The standard InChI is InChI=1S/C10H22S/c1-5-8-11-9-7-10(3,4)6-2/h5-9H2,1-4H3. The van der Waals surface area contributed by atoms with Crippen LogP contribution in [0.1, 0.15) is 47.0 Å². The predicted molar refractivity (Wildman–Crippen MR) is 56.3 cm³/mol. The largest absolute Gasteiger partial charge is 0.162 e. The van der Waals surface area contributed by atoms with Gasteiger partial charge in [-0.1, -0.05) is 34.1 Å². The lowest BCUT2D eigenvalue weighted by Gasteiger charge is -2.21. The van der Waals surface area contributed by atoms with Crippen LogP contribution in [0.3, 0.4) is 0 Å². The first-order valence-electron chi connectivity index (χ1n) is 4.70. The van der Waals surface area contributed by atoms with Crippen molar-refractivity contribution in [1.82, 2.24) is 0 Å². The molecule has 0 aromatic carbocycles. The molecule has 1 heteroatoms. The van der Waals surface area contributed by atoms with E-state index in [0.717, 1.165) is 0 Å². The van der Waals surface area contributed by atoms with E-state index in [1.54, 1.807) is 0 Å². The first kappa shape index (κ1) is 11.4. The summed E-state index contributed by atoms with van der Waals surface area (Å²) in [6, 6.07) is 0. The third-order valence-corrected chi connectivity index (χ3v) is 3.42. The topological polar surface area (TPSA) is 0 Å². The molecule has 0 aliphatic carbocycles. The molecule has 0 heterocycles. The first-order chi connectivity index (χ1) is 5.12. The van der Waals surface area contributed by atoms with Gasteiger partial charge in [-0.25, -0.2) is 0 Å². The highest BCUT2D eigenvalue weighted by atomic mass is 32.2. The molecule has 0 rings (SSSR count). The van der Waals surface area contributed by atoms with Crippen molar-refractivity contribution in [3.63, 3.8) is 0 Å². The maximum atomic E-state index is 2.36. The molecule has 0 fully saturated rings. The second-order valence-electron chi connectivity index (χ2n) is 3.88. The van der Waals surface area contributed by atoms with Crippen LogP contribution >= 0.6 is 11.8 Å². The molecular weight excluding hydrogens is 152 g/mol. The number of hydrogen-bond donors (Lipinski definition) is 0. The molecule has 0 aliphatic rings. The third kappa shape index (κ3) is 6.74. The minimum absolute atomic E-state index is 0.570. The van der Waals surface area contributed by atoms with Gasteiger partial charge in [0.1, 0.15) is 0 Å².